The van der Waals surface area contributed by atoms with Crippen LogP contribution in [0.3, 0.4) is 0 Å². The van der Waals surface area contributed by atoms with E-state index in [9.17, 15) is 9.90 Å². The Bertz CT molecular complexity index is 707. The van der Waals surface area contributed by atoms with Gasteiger partial charge in [0.25, 0.3) is 0 Å². The second-order valence-corrected chi connectivity index (χ2v) is 6.30. The topological polar surface area (TPSA) is 53.0 Å². The standard InChI is InChI=1S/C20H24N2O3/c1-16-5-7-17(8-6-16)21-10-12-22(13-11-21)20(24)9-14-25-19-4-2-3-18(23)15-19/h2-8,15,23H,9-14H2,1H3. The summed E-state index contributed by atoms with van der Waals surface area (Å²) in [5, 5.41) is 9.40. The van der Waals surface area contributed by atoms with Gasteiger partial charge in [0.15, 0.2) is 0 Å². The first kappa shape index (κ1) is 17.1. The van der Waals surface area contributed by atoms with Gasteiger partial charge in [0.2, 0.25) is 5.91 Å². The van der Waals surface area contributed by atoms with Crippen LogP contribution in [0.25, 0.3) is 0 Å². The number of carbonyl (C=O) groups excluding carboxylic acids is 1. The maximum atomic E-state index is 12.3. The normalized spacial score (nSPS) is 14.4. The second-order valence-electron chi connectivity index (χ2n) is 6.30. The predicted octanol–water partition coefficient (Wildman–Crippen LogP) is 2.82. The lowest BCUT2D eigenvalue weighted by molar-refractivity contribution is -0.132. The van der Waals surface area contributed by atoms with Crippen LogP contribution in [-0.2, 0) is 4.79 Å². The smallest absolute Gasteiger partial charge is 0.226 e. The third kappa shape index (κ3) is 4.66. The summed E-state index contributed by atoms with van der Waals surface area (Å²) in [6.45, 7) is 5.57. The van der Waals surface area contributed by atoms with Gasteiger partial charge in [0, 0.05) is 37.9 Å². The molecule has 1 saturated heterocycles. The fourth-order valence-electron chi connectivity index (χ4n) is 2.96. The highest BCUT2D eigenvalue weighted by Crippen LogP contribution is 2.19. The number of rotatable bonds is 5. The van der Waals surface area contributed by atoms with E-state index in [1.807, 2.05) is 4.90 Å². The molecule has 1 heterocycles. The Morgan fingerprint density at radius 1 is 1.08 bits per heavy atom. The highest BCUT2D eigenvalue weighted by atomic mass is 16.5. The number of anilines is 1. The Morgan fingerprint density at radius 2 is 1.80 bits per heavy atom. The van der Waals surface area contributed by atoms with Crippen LogP contribution in [0.5, 0.6) is 11.5 Å². The van der Waals surface area contributed by atoms with E-state index < -0.39 is 0 Å². The van der Waals surface area contributed by atoms with Gasteiger partial charge >= 0.3 is 0 Å². The van der Waals surface area contributed by atoms with Gasteiger partial charge in [-0.1, -0.05) is 23.8 Å². The minimum absolute atomic E-state index is 0.115. The number of amides is 1. The minimum Gasteiger partial charge on any atom is -0.508 e. The van der Waals surface area contributed by atoms with Gasteiger partial charge < -0.3 is 19.6 Å². The van der Waals surface area contributed by atoms with Gasteiger partial charge in [-0.25, -0.2) is 0 Å². The zero-order chi connectivity index (χ0) is 17.6. The number of phenols is 1. The van der Waals surface area contributed by atoms with Crippen molar-refractivity contribution in [3.05, 3.63) is 54.1 Å². The van der Waals surface area contributed by atoms with Crippen molar-refractivity contribution < 1.29 is 14.6 Å². The SMILES string of the molecule is Cc1ccc(N2CCN(C(=O)CCOc3cccc(O)c3)CC2)cc1. The molecule has 25 heavy (non-hydrogen) atoms. The lowest BCUT2D eigenvalue weighted by Crippen LogP contribution is -2.49. The Hall–Kier alpha value is -2.69. The molecule has 0 saturated carbocycles. The lowest BCUT2D eigenvalue weighted by atomic mass is 10.2. The van der Waals surface area contributed by atoms with Crippen molar-refractivity contribution >= 4 is 11.6 Å². The molecule has 1 aliphatic heterocycles. The van der Waals surface area contributed by atoms with Crippen molar-refractivity contribution in [3.63, 3.8) is 0 Å². The summed E-state index contributed by atoms with van der Waals surface area (Å²) in [4.78, 5) is 16.5. The van der Waals surface area contributed by atoms with E-state index in [-0.39, 0.29) is 11.7 Å². The second kappa shape index (κ2) is 7.92. The lowest BCUT2D eigenvalue weighted by Gasteiger charge is -2.36. The molecule has 0 bridgehead atoms. The first-order valence-corrected chi connectivity index (χ1v) is 8.63. The molecule has 0 atom stereocenters. The van der Waals surface area contributed by atoms with E-state index in [2.05, 4.69) is 36.1 Å². The largest absolute Gasteiger partial charge is 0.508 e. The minimum atomic E-state index is 0.115. The predicted molar refractivity (Wildman–Crippen MR) is 98.2 cm³/mol. The number of benzene rings is 2. The van der Waals surface area contributed by atoms with Crippen LogP contribution in [-0.4, -0.2) is 48.7 Å². The summed E-state index contributed by atoms with van der Waals surface area (Å²) in [5.74, 6) is 0.858. The van der Waals surface area contributed by atoms with E-state index in [0.29, 0.717) is 18.8 Å². The maximum absolute atomic E-state index is 12.3. The van der Waals surface area contributed by atoms with Gasteiger partial charge in [-0.05, 0) is 31.2 Å². The molecule has 1 fully saturated rings. The molecular weight excluding hydrogens is 316 g/mol. The average molecular weight is 340 g/mol. The van der Waals surface area contributed by atoms with Crippen LogP contribution in [0.4, 0.5) is 5.69 Å². The fourth-order valence-corrected chi connectivity index (χ4v) is 2.96. The molecule has 3 rings (SSSR count). The highest BCUT2D eigenvalue weighted by molar-refractivity contribution is 5.76. The van der Waals surface area contributed by atoms with Crippen molar-refractivity contribution in [3.8, 4) is 11.5 Å². The van der Waals surface area contributed by atoms with Gasteiger partial charge in [-0.3, -0.25) is 4.79 Å². The van der Waals surface area contributed by atoms with Gasteiger partial charge in [0.05, 0.1) is 13.0 Å². The quantitative estimate of drug-likeness (QED) is 0.909. The molecule has 132 valence electrons. The summed E-state index contributed by atoms with van der Waals surface area (Å²) >= 11 is 0. The van der Waals surface area contributed by atoms with E-state index >= 15 is 0 Å². The first-order chi connectivity index (χ1) is 12.1. The van der Waals surface area contributed by atoms with Crippen LogP contribution in [0.2, 0.25) is 0 Å². The molecule has 0 spiro atoms. The first-order valence-electron chi connectivity index (χ1n) is 8.63. The van der Waals surface area contributed by atoms with Crippen molar-refractivity contribution in [2.75, 3.05) is 37.7 Å². The number of carbonyl (C=O) groups is 1. The van der Waals surface area contributed by atoms with E-state index in [1.165, 1.54) is 11.3 Å². The zero-order valence-electron chi connectivity index (χ0n) is 14.5. The van der Waals surface area contributed by atoms with Gasteiger partial charge in [-0.2, -0.15) is 0 Å². The number of piperazine rings is 1. The molecule has 2 aromatic rings. The highest BCUT2D eigenvalue weighted by Gasteiger charge is 2.21. The van der Waals surface area contributed by atoms with Crippen LogP contribution in [0, 0.1) is 6.92 Å². The molecule has 2 aromatic carbocycles. The van der Waals surface area contributed by atoms with Crippen molar-refractivity contribution in [2.45, 2.75) is 13.3 Å². The Labute approximate surface area is 148 Å². The Kier molecular flexibility index (Phi) is 5.43. The van der Waals surface area contributed by atoms with Gasteiger partial charge in [-0.15, -0.1) is 0 Å². The molecule has 0 radical (unpaired) electrons. The number of phenolic OH excluding ortho intramolecular Hbond substituents is 1. The van der Waals surface area contributed by atoms with E-state index in [0.717, 1.165) is 26.2 Å². The number of aromatic hydroxyl groups is 1. The molecule has 0 aromatic heterocycles. The number of nitrogens with zero attached hydrogens (tertiary/aromatic N) is 2. The van der Waals surface area contributed by atoms with Gasteiger partial charge in [0.1, 0.15) is 11.5 Å². The van der Waals surface area contributed by atoms with E-state index in [1.54, 1.807) is 24.3 Å². The molecule has 0 aliphatic carbocycles. The maximum Gasteiger partial charge on any atom is 0.226 e. The Balaban J connectivity index is 1.43. The number of aryl methyl sites for hydroxylation is 1. The summed E-state index contributed by atoms with van der Waals surface area (Å²) in [6, 6.07) is 15.1. The summed E-state index contributed by atoms with van der Waals surface area (Å²) < 4.78 is 5.53. The number of hydrogen-bond donors (Lipinski definition) is 1. The Morgan fingerprint density at radius 3 is 2.48 bits per heavy atom. The van der Waals surface area contributed by atoms with Crippen LogP contribution >= 0.6 is 0 Å². The van der Waals surface area contributed by atoms with Crippen LogP contribution in [0.15, 0.2) is 48.5 Å². The van der Waals surface area contributed by atoms with Crippen LogP contribution in [0.1, 0.15) is 12.0 Å². The zero-order valence-corrected chi connectivity index (χ0v) is 14.5. The van der Waals surface area contributed by atoms with Crippen molar-refractivity contribution in [1.82, 2.24) is 4.90 Å². The summed E-state index contributed by atoms with van der Waals surface area (Å²) in [5.41, 5.74) is 2.47. The molecule has 1 aliphatic rings. The van der Waals surface area contributed by atoms with Crippen molar-refractivity contribution in [1.29, 1.82) is 0 Å². The third-order valence-electron chi connectivity index (χ3n) is 4.43. The fraction of sp³-hybridized carbons (Fsp3) is 0.350. The monoisotopic (exact) mass is 340 g/mol. The molecular formula is C20H24N2O3. The third-order valence-corrected chi connectivity index (χ3v) is 4.43. The average Bonchev–Trinajstić information content (AvgIpc) is 2.62. The molecule has 5 heteroatoms. The molecule has 1 amide bonds. The molecule has 0 unspecified atom stereocenters. The van der Waals surface area contributed by atoms with Crippen LogP contribution < -0.4 is 9.64 Å². The summed E-state index contributed by atoms with van der Waals surface area (Å²) in [7, 11) is 0. The van der Waals surface area contributed by atoms with E-state index in [4.69, 9.17) is 4.74 Å². The summed E-state index contributed by atoms with van der Waals surface area (Å²) in [6.07, 6.45) is 0.347. The molecule has 1 N–H and O–H groups in total. The number of ether oxygens (including phenoxy) is 1. The molecule has 5 nitrogen and oxygen atoms in total. The van der Waals surface area contributed by atoms with Crippen molar-refractivity contribution in [2.24, 2.45) is 0 Å². The number of hydrogen-bond acceptors (Lipinski definition) is 4.